The SMILES string of the molecule is CC1(C)CC(N2CN(C3CC(C)(C)CC(C)(CN)C3)CN(C3CC(C)(C)CC(C)(CN)C3)C2)CC(C)(CN)C1. The van der Waals surface area contributed by atoms with Gasteiger partial charge in [0.05, 0.1) is 20.0 Å². The van der Waals surface area contributed by atoms with Crippen LogP contribution in [0.4, 0.5) is 0 Å². The van der Waals surface area contributed by atoms with E-state index in [1.165, 1.54) is 57.8 Å². The van der Waals surface area contributed by atoms with E-state index in [1.54, 1.807) is 0 Å². The molecule has 4 rings (SSSR count). The van der Waals surface area contributed by atoms with Crippen LogP contribution in [0.3, 0.4) is 0 Å². The van der Waals surface area contributed by atoms with Crippen LogP contribution >= 0.6 is 0 Å². The quantitative estimate of drug-likeness (QED) is 0.413. The van der Waals surface area contributed by atoms with Crippen LogP contribution in [0.25, 0.3) is 0 Å². The predicted molar refractivity (Wildman–Crippen MR) is 166 cm³/mol. The fourth-order valence-electron chi connectivity index (χ4n) is 10.5. The van der Waals surface area contributed by atoms with Gasteiger partial charge in [-0.2, -0.15) is 0 Å². The third-order valence-electron chi connectivity index (χ3n) is 11.4. The van der Waals surface area contributed by atoms with E-state index in [1.807, 2.05) is 0 Å². The summed E-state index contributed by atoms with van der Waals surface area (Å²) in [6.07, 6.45) is 11.1. The minimum atomic E-state index is 0.218. The summed E-state index contributed by atoms with van der Waals surface area (Å²) in [6, 6.07) is 1.72. The molecule has 3 aliphatic carbocycles. The molecular formula is C33H66N6. The van der Waals surface area contributed by atoms with Crippen LogP contribution in [0.2, 0.25) is 0 Å². The van der Waals surface area contributed by atoms with Crippen LogP contribution in [0.1, 0.15) is 120 Å². The summed E-state index contributed by atoms with van der Waals surface area (Å²) >= 11 is 0. The largest absolute Gasteiger partial charge is 0.330 e. The van der Waals surface area contributed by atoms with Crippen molar-refractivity contribution in [2.75, 3.05) is 39.6 Å². The minimum Gasteiger partial charge on any atom is -0.330 e. The summed E-state index contributed by atoms with van der Waals surface area (Å²) in [6.45, 7) is 27.7. The van der Waals surface area contributed by atoms with Crippen molar-refractivity contribution >= 4 is 0 Å². The minimum absolute atomic E-state index is 0.218. The maximum absolute atomic E-state index is 6.43. The Morgan fingerprint density at radius 3 is 0.872 bits per heavy atom. The van der Waals surface area contributed by atoms with Gasteiger partial charge in [-0.1, -0.05) is 62.3 Å². The van der Waals surface area contributed by atoms with E-state index in [2.05, 4.69) is 77.0 Å². The molecule has 0 aromatic carbocycles. The molecule has 3 saturated carbocycles. The standard InChI is InChI=1S/C33H66N6/c1-28(2)10-25(13-31(7,16-28)19-34)37-22-38(26-11-29(3,4)17-32(8,14-26)20-35)24-39(23-37)27-12-30(5,6)18-33(9,15-27)21-36/h25-27H,10-24,34-36H2,1-9H3. The maximum Gasteiger partial charge on any atom is 0.0535 e. The van der Waals surface area contributed by atoms with E-state index in [9.17, 15) is 0 Å². The highest BCUT2D eigenvalue weighted by Gasteiger charge is 2.49. The lowest BCUT2D eigenvalue weighted by atomic mass is 9.62. The molecular weight excluding hydrogens is 480 g/mol. The predicted octanol–water partition coefficient (Wildman–Crippen LogP) is 5.41. The summed E-state index contributed by atoms with van der Waals surface area (Å²) in [5, 5.41) is 0. The molecule has 1 heterocycles. The Hall–Kier alpha value is -0.240. The van der Waals surface area contributed by atoms with Gasteiger partial charge in [-0.3, -0.25) is 14.7 Å². The van der Waals surface area contributed by atoms with E-state index in [0.717, 1.165) is 39.6 Å². The maximum atomic E-state index is 6.43. The molecule has 39 heavy (non-hydrogen) atoms. The molecule has 0 aromatic heterocycles. The third-order valence-corrected chi connectivity index (χ3v) is 11.4. The molecule has 6 atom stereocenters. The summed E-state index contributed by atoms with van der Waals surface area (Å²) in [7, 11) is 0. The average molecular weight is 547 g/mol. The highest BCUT2D eigenvalue weighted by Crippen LogP contribution is 2.51. The molecule has 0 radical (unpaired) electrons. The first-order valence-corrected chi connectivity index (χ1v) is 16.1. The molecule has 6 N–H and O–H groups in total. The van der Waals surface area contributed by atoms with Gasteiger partial charge in [0.15, 0.2) is 0 Å². The van der Waals surface area contributed by atoms with E-state index < -0.39 is 0 Å². The van der Waals surface area contributed by atoms with Gasteiger partial charge in [0.2, 0.25) is 0 Å². The second kappa shape index (κ2) is 10.8. The van der Waals surface area contributed by atoms with Crippen LogP contribution in [0.5, 0.6) is 0 Å². The fraction of sp³-hybridized carbons (Fsp3) is 1.00. The molecule has 0 aromatic rings. The number of nitrogens with zero attached hydrogens (tertiary/aromatic N) is 3. The van der Waals surface area contributed by atoms with Gasteiger partial charge < -0.3 is 17.2 Å². The number of hydrogen-bond donors (Lipinski definition) is 3. The highest BCUT2D eigenvalue weighted by atomic mass is 15.5. The Morgan fingerprint density at radius 1 is 0.436 bits per heavy atom. The van der Waals surface area contributed by atoms with Gasteiger partial charge in [-0.25, -0.2) is 0 Å². The molecule has 6 heteroatoms. The van der Waals surface area contributed by atoms with Crippen LogP contribution in [0.15, 0.2) is 0 Å². The normalized spacial score (nSPS) is 43.8. The number of rotatable bonds is 6. The monoisotopic (exact) mass is 547 g/mol. The lowest BCUT2D eigenvalue weighted by Gasteiger charge is -2.58. The van der Waals surface area contributed by atoms with Crippen LogP contribution in [0, 0.1) is 32.5 Å². The summed E-state index contributed by atoms with van der Waals surface area (Å²) in [4.78, 5) is 8.59. The average Bonchev–Trinajstić information content (AvgIpc) is 2.80. The Kier molecular flexibility index (Phi) is 8.77. The van der Waals surface area contributed by atoms with Gasteiger partial charge in [0.25, 0.3) is 0 Å². The third kappa shape index (κ3) is 7.40. The van der Waals surface area contributed by atoms with Crippen molar-refractivity contribution in [3.63, 3.8) is 0 Å². The molecule has 0 amide bonds. The van der Waals surface area contributed by atoms with Gasteiger partial charge >= 0.3 is 0 Å². The molecule has 1 saturated heterocycles. The molecule has 6 unspecified atom stereocenters. The van der Waals surface area contributed by atoms with E-state index in [4.69, 9.17) is 17.2 Å². The van der Waals surface area contributed by atoms with Gasteiger partial charge in [0.1, 0.15) is 0 Å². The molecule has 0 bridgehead atoms. The van der Waals surface area contributed by atoms with Crippen molar-refractivity contribution in [3.8, 4) is 0 Å². The molecule has 228 valence electrons. The molecule has 4 aliphatic rings. The van der Waals surface area contributed by atoms with Crippen molar-refractivity contribution in [1.82, 2.24) is 14.7 Å². The first-order valence-electron chi connectivity index (χ1n) is 16.1. The highest BCUT2D eigenvalue weighted by molar-refractivity contribution is 5.01. The Balaban J connectivity index is 1.65. The molecule has 6 nitrogen and oxygen atoms in total. The Labute approximate surface area is 242 Å². The van der Waals surface area contributed by atoms with Crippen molar-refractivity contribution in [3.05, 3.63) is 0 Å². The van der Waals surface area contributed by atoms with Gasteiger partial charge in [-0.05, 0) is 110 Å². The number of hydrogen-bond acceptors (Lipinski definition) is 6. The van der Waals surface area contributed by atoms with Crippen molar-refractivity contribution in [1.29, 1.82) is 0 Å². The van der Waals surface area contributed by atoms with Crippen LogP contribution in [-0.2, 0) is 0 Å². The van der Waals surface area contributed by atoms with E-state index >= 15 is 0 Å². The molecule has 0 spiro atoms. The van der Waals surface area contributed by atoms with E-state index in [0.29, 0.717) is 34.4 Å². The first kappa shape index (κ1) is 31.7. The Bertz CT molecular complexity index is 740. The van der Waals surface area contributed by atoms with Crippen LogP contribution < -0.4 is 17.2 Å². The second-order valence-electron chi connectivity index (χ2n) is 18.4. The second-order valence-corrected chi connectivity index (χ2v) is 18.4. The zero-order valence-electron chi connectivity index (χ0n) is 27.4. The van der Waals surface area contributed by atoms with Crippen molar-refractivity contribution < 1.29 is 0 Å². The summed E-state index contributed by atoms with van der Waals surface area (Å²) in [5.74, 6) is 0. The fourth-order valence-corrected chi connectivity index (χ4v) is 10.5. The van der Waals surface area contributed by atoms with Gasteiger partial charge in [0, 0.05) is 18.1 Å². The lowest BCUT2D eigenvalue weighted by Crippen LogP contribution is -2.66. The van der Waals surface area contributed by atoms with Crippen molar-refractivity contribution in [2.24, 2.45) is 49.7 Å². The Morgan fingerprint density at radius 2 is 0.667 bits per heavy atom. The smallest absolute Gasteiger partial charge is 0.0535 e. The zero-order chi connectivity index (χ0) is 29.1. The lowest BCUT2D eigenvalue weighted by molar-refractivity contribution is -0.137. The van der Waals surface area contributed by atoms with E-state index in [-0.39, 0.29) is 16.2 Å². The summed E-state index contributed by atoms with van der Waals surface area (Å²) < 4.78 is 0. The molecule has 1 aliphatic heterocycles. The van der Waals surface area contributed by atoms with Crippen LogP contribution in [-0.4, -0.2) is 72.5 Å². The van der Waals surface area contributed by atoms with Gasteiger partial charge in [-0.15, -0.1) is 0 Å². The number of nitrogens with two attached hydrogens (primary N) is 3. The molecule has 4 fully saturated rings. The summed E-state index contributed by atoms with van der Waals surface area (Å²) in [5.41, 5.74) is 20.9. The van der Waals surface area contributed by atoms with Crippen molar-refractivity contribution in [2.45, 2.75) is 138 Å². The zero-order valence-corrected chi connectivity index (χ0v) is 27.4. The topological polar surface area (TPSA) is 87.8 Å². The first-order chi connectivity index (χ1) is 17.8.